The maximum Gasteiger partial charge on any atom is 0.237 e. The van der Waals surface area contributed by atoms with E-state index >= 15 is 0 Å². The summed E-state index contributed by atoms with van der Waals surface area (Å²) in [4.78, 5) is 21.8. The van der Waals surface area contributed by atoms with Crippen LogP contribution in [0.5, 0.6) is 0 Å². The summed E-state index contributed by atoms with van der Waals surface area (Å²) in [5.41, 5.74) is 10.2. The summed E-state index contributed by atoms with van der Waals surface area (Å²) in [6, 6.07) is -1.60. The van der Waals surface area contributed by atoms with Gasteiger partial charge in [0.15, 0.2) is 0 Å². The molecule has 0 fully saturated rings. The largest absolute Gasteiger partial charge is 0.370 e. The Balaban J connectivity index is 4.19. The summed E-state index contributed by atoms with van der Waals surface area (Å²) in [5, 5.41) is 2.39. The van der Waals surface area contributed by atoms with Crippen molar-refractivity contribution in [3.8, 4) is 0 Å². The molecule has 0 heterocycles. The maximum absolute atomic E-state index is 11.3. The van der Waals surface area contributed by atoms with Crippen LogP contribution >= 0.6 is 0 Å². The van der Waals surface area contributed by atoms with E-state index in [4.69, 9.17) is 11.5 Å². The number of primary amides is 1. The summed E-state index contributed by atoms with van der Waals surface area (Å²) < 4.78 is 21.8. The lowest BCUT2D eigenvalue weighted by molar-refractivity contribution is -0.126. The van der Waals surface area contributed by atoms with Crippen LogP contribution in [0.25, 0.3) is 0 Å². The molecule has 0 saturated heterocycles. The van der Waals surface area contributed by atoms with Gasteiger partial charge in [-0.3, -0.25) is 9.59 Å². The van der Waals surface area contributed by atoms with Gasteiger partial charge in [0.25, 0.3) is 0 Å². The molecule has 0 radical (unpaired) electrons. The van der Waals surface area contributed by atoms with Crippen molar-refractivity contribution in [2.24, 2.45) is 11.5 Å². The molecule has 0 aromatic rings. The van der Waals surface area contributed by atoms with E-state index < -0.39 is 33.7 Å². The molecule has 2 atom stereocenters. The first kappa shape index (κ1) is 14.8. The Morgan fingerprint density at radius 1 is 1.38 bits per heavy atom. The van der Waals surface area contributed by atoms with E-state index in [9.17, 15) is 18.0 Å². The first-order chi connectivity index (χ1) is 7.11. The van der Waals surface area contributed by atoms with Crippen LogP contribution in [0.4, 0.5) is 0 Å². The highest BCUT2D eigenvalue weighted by molar-refractivity contribution is 7.90. The normalized spacial score (nSPS) is 15.2. The van der Waals surface area contributed by atoms with Crippen LogP contribution in [0.3, 0.4) is 0 Å². The molecule has 0 aliphatic heterocycles. The predicted molar refractivity (Wildman–Crippen MR) is 59.1 cm³/mol. The van der Waals surface area contributed by atoms with Crippen molar-refractivity contribution in [1.29, 1.82) is 0 Å². The second kappa shape index (κ2) is 5.80. The second-order valence-electron chi connectivity index (χ2n) is 3.78. The fraction of sp³-hybridized carbons (Fsp3) is 0.750. The molecule has 0 aromatic heterocycles. The molecule has 0 bridgehead atoms. The van der Waals surface area contributed by atoms with Crippen LogP contribution in [0, 0.1) is 0 Å². The first-order valence-electron chi connectivity index (χ1n) is 4.64. The van der Waals surface area contributed by atoms with Gasteiger partial charge in [-0.1, -0.05) is 0 Å². The Hall–Kier alpha value is -1.15. The average Bonchev–Trinajstić information content (AvgIpc) is 1.98. The van der Waals surface area contributed by atoms with Crippen LogP contribution in [0.2, 0.25) is 0 Å². The summed E-state index contributed by atoms with van der Waals surface area (Å²) in [7, 11) is -3.16. The first-order valence-corrected chi connectivity index (χ1v) is 6.70. The van der Waals surface area contributed by atoms with Crippen LogP contribution in [0.1, 0.15) is 13.3 Å². The Morgan fingerprint density at radius 3 is 2.25 bits per heavy atom. The predicted octanol–water partition coefficient (Wildman–Crippen LogP) is -2.26. The quantitative estimate of drug-likeness (QED) is 0.490. The Morgan fingerprint density at radius 2 is 1.88 bits per heavy atom. The second-order valence-corrected chi connectivity index (χ2v) is 5.96. The van der Waals surface area contributed by atoms with Gasteiger partial charge in [-0.15, -0.1) is 0 Å². The minimum atomic E-state index is -3.16. The number of amides is 2. The van der Waals surface area contributed by atoms with E-state index in [1.54, 1.807) is 0 Å². The van der Waals surface area contributed by atoms with Crippen molar-refractivity contribution in [2.45, 2.75) is 25.4 Å². The zero-order valence-corrected chi connectivity index (χ0v) is 10.1. The molecule has 2 unspecified atom stereocenters. The van der Waals surface area contributed by atoms with Gasteiger partial charge in [-0.05, 0) is 6.92 Å². The topological polar surface area (TPSA) is 132 Å². The molecule has 0 spiro atoms. The standard InChI is InChI=1S/C8H17N3O4S/c1-5(4-16(2,14)15)11-8(13)6(9)3-7(10)12/h5-6H,3-4,9H2,1-2H3,(H2,10,12)(H,11,13). The third kappa shape index (κ3) is 7.18. The molecule has 2 amide bonds. The smallest absolute Gasteiger partial charge is 0.237 e. The Bertz CT molecular complexity index is 365. The van der Waals surface area contributed by atoms with E-state index in [-0.39, 0.29) is 12.2 Å². The van der Waals surface area contributed by atoms with Crippen LogP contribution in [-0.4, -0.2) is 44.3 Å². The van der Waals surface area contributed by atoms with Gasteiger partial charge in [0, 0.05) is 12.3 Å². The van der Waals surface area contributed by atoms with E-state index in [1.165, 1.54) is 6.92 Å². The van der Waals surface area contributed by atoms with Gasteiger partial charge in [-0.25, -0.2) is 8.42 Å². The van der Waals surface area contributed by atoms with Crippen molar-refractivity contribution < 1.29 is 18.0 Å². The maximum atomic E-state index is 11.3. The van der Waals surface area contributed by atoms with E-state index in [2.05, 4.69) is 5.32 Å². The highest BCUT2D eigenvalue weighted by Crippen LogP contribution is 1.93. The fourth-order valence-electron chi connectivity index (χ4n) is 1.16. The van der Waals surface area contributed by atoms with Crippen LogP contribution in [-0.2, 0) is 19.4 Å². The lowest BCUT2D eigenvalue weighted by Crippen LogP contribution is -2.47. The van der Waals surface area contributed by atoms with E-state index in [0.717, 1.165) is 6.26 Å². The van der Waals surface area contributed by atoms with E-state index in [0.29, 0.717) is 0 Å². The average molecular weight is 251 g/mol. The summed E-state index contributed by atoms with van der Waals surface area (Å²) in [5.74, 6) is -1.45. The van der Waals surface area contributed by atoms with Crippen molar-refractivity contribution in [2.75, 3.05) is 12.0 Å². The highest BCUT2D eigenvalue weighted by Gasteiger charge is 2.19. The molecule has 0 saturated carbocycles. The number of hydrogen-bond acceptors (Lipinski definition) is 5. The lowest BCUT2D eigenvalue weighted by Gasteiger charge is -2.15. The van der Waals surface area contributed by atoms with Gasteiger partial charge in [0.2, 0.25) is 11.8 Å². The van der Waals surface area contributed by atoms with Crippen molar-refractivity contribution in [1.82, 2.24) is 5.32 Å². The van der Waals surface area contributed by atoms with Gasteiger partial charge in [0.05, 0.1) is 18.2 Å². The summed E-state index contributed by atoms with van der Waals surface area (Å²) in [6.45, 7) is 1.54. The SMILES string of the molecule is CC(CS(C)(=O)=O)NC(=O)C(N)CC(N)=O. The van der Waals surface area contributed by atoms with Crippen molar-refractivity contribution >= 4 is 21.7 Å². The molecular weight excluding hydrogens is 234 g/mol. The van der Waals surface area contributed by atoms with Gasteiger partial charge in [-0.2, -0.15) is 0 Å². The Labute approximate surface area is 94.5 Å². The molecule has 0 aliphatic carbocycles. The molecule has 0 aromatic carbocycles. The third-order valence-electron chi connectivity index (χ3n) is 1.70. The zero-order chi connectivity index (χ0) is 12.9. The minimum Gasteiger partial charge on any atom is -0.370 e. The molecule has 5 N–H and O–H groups in total. The lowest BCUT2D eigenvalue weighted by atomic mass is 10.2. The van der Waals surface area contributed by atoms with Crippen molar-refractivity contribution in [3.05, 3.63) is 0 Å². The Kier molecular flexibility index (Phi) is 5.39. The van der Waals surface area contributed by atoms with Crippen LogP contribution < -0.4 is 16.8 Å². The van der Waals surface area contributed by atoms with Crippen LogP contribution in [0.15, 0.2) is 0 Å². The third-order valence-corrected chi connectivity index (χ3v) is 2.80. The molecule has 16 heavy (non-hydrogen) atoms. The number of nitrogens with two attached hydrogens (primary N) is 2. The number of hydrogen-bond donors (Lipinski definition) is 3. The molecule has 7 nitrogen and oxygen atoms in total. The molecule has 0 rings (SSSR count). The van der Waals surface area contributed by atoms with Gasteiger partial charge in [0.1, 0.15) is 9.84 Å². The van der Waals surface area contributed by atoms with Gasteiger partial charge >= 0.3 is 0 Å². The molecule has 8 heteroatoms. The monoisotopic (exact) mass is 251 g/mol. The molecule has 0 aliphatic rings. The number of carbonyl (C=O) groups is 2. The summed E-state index contributed by atoms with van der Waals surface area (Å²) in [6.07, 6.45) is 0.802. The number of nitrogens with one attached hydrogen (secondary N) is 1. The molecule has 94 valence electrons. The number of carbonyl (C=O) groups excluding carboxylic acids is 2. The summed E-state index contributed by atoms with van der Waals surface area (Å²) >= 11 is 0. The zero-order valence-electron chi connectivity index (χ0n) is 9.26. The number of sulfone groups is 1. The minimum absolute atomic E-state index is 0.179. The fourth-order valence-corrected chi connectivity index (χ4v) is 2.15. The van der Waals surface area contributed by atoms with Gasteiger partial charge < -0.3 is 16.8 Å². The molecular formula is C8H17N3O4S. The van der Waals surface area contributed by atoms with Crippen molar-refractivity contribution in [3.63, 3.8) is 0 Å². The van der Waals surface area contributed by atoms with E-state index in [1.807, 2.05) is 0 Å². The number of rotatable bonds is 6. The highest BCUT2D eigenvalue weighted by atomic mass is 32.2.